The SMILES string of the molecule is COc1ccc(Cl)cc1NC(=O)CN(C)S(=O)(=O)c1cccc(Cl)c1. The van der Waals surface area contributed by atoms with Gasteiger partial charge in [-0.25, -0.2) is 8.42 Å². The van der Waals surface area contributed by atoms with E-state index in [-0.39, 0.29) is 11.4 Å². The molecule has 1 N–H and O–H groups in total. The normalized spacial score (nSPS) is 11.4. The average molecular weight is 403 g/mol. The Balaban J connectivity index is 2.14. The van der Waals surface area contributed by atoms with E-state index in [1.165, 1.54) is 38.4 Å². The Bertz CT molecular complexity index is 887. The highest BCUT2D eigenvalue weighted by Crippen LogP contribution is 2.27. The van der Waals surface area contributed by atoms with E-state index in [0.29, 0.717) is 21.5 Å². The zero-order valence-electron chi connectivity index (χ0n) is 13.5. The van der Waals surface area contributed by atoms with Crippen molar-refractivity contribution in [3.8, 4) is 5.75 Å². The fourth-order valence-electron chi connectivity index (χ4n) is 2.06. The zero-order chi connectivity index (χ0) is 18.6. The molecule has 0 spiro atoms. The van der Waals surface area contributed by atoms with Crippen LogP contribution >= 0.6 is 23.2 Å². The van der Waals surface area contributed by atoms with Crippen molar-refractivity contribution in [1.29, 1.82) is 0 Å². The number of hydrogen-bond acceptors (Lipinski definition) is 4. The molecule has 0 radical (unpaired) electrons. The first-order valence-electron chi connectivity index (χ1n) is 7.09. The van der Waals surface area contributed by atoms with Crippen LogP contribution in [0.2, 0.25) is 10.0 Å². The lowest BCUT2D eigenvalue weighted by Gasteiger charge is -2.17. The summed E-state index contributed by atoms with van der Waals surface area (Å²) < 4.78 is 31.1. The van der Waals surface area contributed by atoms with Gasteiger partial charge < -0.3 is 10.1 Å². The van der Waals surface area contributed by atoms with Crippen LogP contribution in [0.1, 0.15) is 0 Å². The van der Waals surface area contributed by atoms with Gasteiger partial charge in [0.15, 0.2) is 0 Å². The van der Waals surface area contributed by atoms with Crippen LogP contribution in [-0.2, 0) is 14.8 Å². The fourth-order valence-corrected chi connectivity index (χ4v) is 3.66. The molecule has 6 nitrogen and oxygen atoms in total. The minimum atomic E-state index is -3.84. The highest BCUT2D eigenvalue weighted by atomic mass is 35.5. The summed E-state index contributed by atoms with van der Waals surface area (Å²) in [7, 11) is -1.08. The van der Waals surface area contributed by atoms with E-state index in [1.807, 2.05) is 0 Å². The lowest BCUT2D eigenvalue weighted by molar-refractivity contribution is -0.116. The van der Waals surface area contributed by atoms with Crippen molar-refractivity contribution in [1.82, 2.24) is 4.31 Å². The van der Waals surface area contributed by atoms with Gasteiger partial charge in [0.2, 0.25) is 15.9 Å². The van der Waals surface area contributed by atoms with E-state index in [0.717, 1.165) is 4.31 Å². The Morgan fingerprint density at radius 2 is 1.84 bits per heavy atom. The Morgan fingerprint density at radius 1 is 1.16 bits per heavy atom. The van der Waals surface area contributed by atoms with E-state index in [1.54, 1.807) is 18.2 Å². The summed E-state index contributed by atoms with van der Waals surface area (Å²) in [5.74, 6) is -0.119. The number of carbonyl (C=O) groups excluding carboxylic acids is 1. The summed E-state index contributed by atoms with van der Waals surface area (Å²) in [6.45, 7) is -0.384. The van der Waals surface area contributed by atoms with Gasteiger partial charge in [-0.2, -0.15) is 4.31 Å². The molecule has 134 valence electrons. The molecule has 0 aliphatic carbocycles. The number of halogens is 2. The molecular weight excluding hydrogens is 387 g/mol. The smallest absolute Gasteiger partial charge is 0.243 e. The molecule has 0 aliphatic rings. The minimum absolute atomic E-state index is 0.00985. The highest BCUT2D eigenvalue weighted by Gasteiger charge is 2.23. The van der Waals surface area contributed by atoms with Gasteiger partial charge in [0.25, 0.3) is 0 Å². The third kappa shape index (κ3) is 4.85. The number of carbonyl (C=O) groups is 1. The van der Waals surface area contributed by atoms with Crippen LogP contribution in [-0.4, -0.2) is 39.3 Å². The Labute approximate surface area is 156 Å². The third-order valence-electron chi connectivity index (χ3n) is 3.31. The molecule has 9 heteroatoms. The molecule has 0 unspecified atom stereocenters. The molecule has 25 heavy (non-hydrogen) atoms. The molecule has 0 aromatic heterocycles. The molecule has 2 rings (SSSR count). The lowest BCUT2D eigenvalue weighted by atomic mass is 10.3. The van der Waals surface area contributed by atoms with Crippen molar-refractivity contribution in [2.75, 3.05) is 26.0 Å². The first-order valence-corrected chi connectivity index (χ1v) is 9.29. The Kier molecular flexibility index (Phi) is 6.29. The average Bonchev–Trinajstić information content (AvgIpc) is 2.54. The van der Waals surface area contributed by atoms with Crippen LogP contribution in [0.15, 0.2) is 47.4 Å². The van der Waals surface area contributed by atoms with Crippen LogP contribution < -0.4 is 10.1 Å². The molecule has 0 atom stereocenters. The van der Waals surface area contributed by atoms with Gasteiger partial charge in [-0.3, -0.25) is 4.79 Å². The number of nitrogens with zero attached hydrogens (tertiary/aromatic N) is 1. The van der Waals surface area contributed by atoms with Gasteiger partial charge in [-0.05, 0) is 36.4 Å². The van der Waals surface area contributed by atoms with Crippen molar-refractivity contribution in [3.63, 3.8) is 0 Å². The van der Waals surface area contributed by atoms with Crippen molar-refractivity contribution in [2.24, 2.45) is 0 Å². The third-order valence-corrected chi connectivity index (χ3v) is 5.58. The van der Waals surface area contributed by atoms with E-state index < -0.39 is 15.9 Å². The number of sulfonamides is 1. The minimum Gasteiger partial charge on any atom is -0.495 e. The summed E-state index contributed by atoms with van der Waals surface area (Å²) in [6.07, 6.45) is 0. The van der Waals surface area contributed by atoms with Crippen molar-refractivity contribution in [3.05, 3.63) is 52.5 Å². The van der Waals surface area contributed by atoms with E-state index >= 15 is 0 Å². The fraction of sp³-hybridized carbons (Fsp3) is 0.188. The van der Waals surface area contributed by atoms with Gasteiger partial charge in [0.1, 0.15) is 5.75 Å². The molecular formula is C16H16Cl2N2O4S. The number of amides is 1. The summed E-state index contributed by atoms with van der Waals surface area (Å²) in [5, 5.41) is 3.29. The number of hydrogen-bond donors (Lipinski definition) is 1. The van der Waals surface area contributed by atoms with Crippen molar-refractivity contribution >= 4 is 44.8 Å². The van der Waals surface area contributed by atoms with Crippen molar-refractivity contribution < 1.29 is 17.9 Å². The molecule has 0 aliphatic heterocycles. The van der Waals surface area contributed by atoms with Crippen LogP contribution in [0, 0.1) is 0 Å². The van der Waals surface area contributed by atoms with Crippen LogP contribution in [0.4, 0.5) is 5.69 Å². The highest BCUT2D eigenvalue weighted by molar-refractivity contribution is 7.89. The number of nitrogens with one attached hydrogen (secondary N) is 1. The zero-order valence-corrected chi connectivity index (χ0v) is 15.8. The second kappa shape index (κ2) is 8.05. The van der Waals surface area contributed by atoms with E-state index in [2.05, 4.69) is 5.32 Å². The van der Waals surface area contributed by atoms with Gasteiger partial charge in [0, 0.05) is 17.1 Å². The maximum atomic E-state index is 12.5. The van der Waals surface area contributed by atoms with Gasteiger partial charge in [-0.1, -0.05) is 29.3 Å². The number of rotatable bonds is 6. The van der Waals surface area contributed by atoms with Crippen LogP contribution in [0.3, 0.4) is 0 Å². The monoisotopic (exact) mass is 402 g/mol. The topological polar surface area (TPSA) is 75.7 Å². The first-order chi connectivity index (χ1) is 11.7. The van der Waals surface area contributed by atoms with Crippen molar-refractivity contribution in [2.45, 2.75) is 4.90 Å². The first kappa shape index (κ1) is 19.5. The van der Waals surface area contributed by atoms with Gasteiger partial charge >= 0.3 is 0 Å². The van der Waals surface area contributed by atoms with E-state index in [4.69, 9.17) is 27.9 Å². The molecule has 0 heterocycles. The lowest BCUT2D eigenvalue weighted by Crippen LogP contribution is -2.35. The number of ether oxygens (including phenoxy) is 1. The van der Waals surface area contributed by atoms with Crippen LogP contribution in [0.5, 0.6) is 5.75 Å². The quantitative estimate of drug-likeness (QED) is 0.804. The summed E-state index contributed by atoms with van der Waals surface area (Å²) in [6, 6.07) is 10.6. The maximum Gasteiger partial charge on any atom is 0.243 e. The molecule has 0 saturated carbocycles. The van der Waals surface area contributed by atoms with Gasteiger partial charge in [0.05, 0.1) is 24.2 Å². The Morgan fingerprint density at radius 3 is 2.48 bits per heavy atom. The number of methoxy groups -OCH3 is 1. The number of anilines is 1. The molecule has 0 fully saturated rings. The summed E-state index contributed by atoms with van der Waals surface area (Å²) in [4.78, 5) is 12.2. The van der Waals surface area contributed by atoms with Gasteiger partial charge in [-0.15, -0.1) is 0 Å². The molecule has 2 aromatic rings. The molecule has 0 saturated heterocycles. The summed E-state index contributed by atoms with van der Waals surface area (Å²) in [5.41, 5.74) is 0.355. The predicted octanol–water partition coefficient (Wildman–Crippen LogP) is 3.26. The maximum absolute atomic E-state index is 12.5. The number of benzene rings is 2. The summed E-state index contributed by atoms with van der Waals surface area (Å²) >= 11 is 11.7. The molecule has 0 bridgehead atoms. The second-order valence-corrected chi connectivity index (χ2v) is 8.03. The largest absolute Gasteiger partial charge is 0.495 e. The molecule has 1 amide bonds. The molecule has 2 aromatic carbocycles. The second-order valence-electron chi connectivity index (χ2n) is 5.11. The van der Waals surface area contributed by atoms with E-state index in [9.17, 15) is 13.2 Å². The Hall–Kier alpha value is -1.80. The number of likely N-dealkylation sites (N-methyl/N-ethyl adjacent to an activating group) is 1. The predicted molar refractivity (Wildman–Crippen MR) is 97.9 cm³/mol. The standard InChI is InChI=1S/C16H16Cl2N2O4S/c1-20(25(22,23)13-5-3-4-11(17)8-13)10-16(21)19-14-9-12(18)6-7-15(14)24-2/h3-9H,10H2,1-2H3,(H,19,21). The van der Waals surface area contributed by atoms with Crippen LogP contribution in [0.25, 0.3) is 0 Å².